The lowest BCUT2D eigenvalue weighted by molar-refractivity contribution is -0.126. The molecule has 1 atom stereocenters. The van der Waals surface area contributed by atoms with Crippen molar-refractivity contribution in [2.45, 2.75) is 19.4 Å². The average molecular weight is 240 g/mol. The SMILES string of the molecule is C[C@H]1NC(=S)N(CCc2cccs2)C1=O. The third kappa shape index (κ3) is 2.18. The van der Waals surface area contributed by atoms with E-state index in [1.807, 2.05) is 18.4 Å². The van der Waals surface area contributed by atoms with E-state index in [0.717, 1.165) is 6.42 Å². The van der Waals surface area contributed by atoms with Crippen LogP contribution in [0, 0.1) is 0 Å². The van der Waals surface area contributed by atoms with Crippen molar-refractivity contribution in [3.05, 3.63) is 22.4 Å². The lowest BCUT2D eigenvalue weighted by atomic mass is 10.3. The van der Waals surface area contributed by atoms with Gasteiger partial charge in [0.15, 0.2) is 5.11 Å². The van der Waals surface area contributed by atoms with E-state index in [2.05, 4.69) is 11.4 Å². The average Bonchev–Trinajstić information content (AvgIpc) is 2.76. The van der Waals surface area contributed by atoms with Crippen LogP contribution in [0.4, 0.5) is 0 Å². The Morgan fingerprint density at radius 2 is 2.47 bits per heavy atom. The van der Waals surface area contributed by atoms with Crippen LogP contribution in [0.5, 0.6) is 0 Å². The lowest BCUT2D eigenvalue weighted by Crippen LogP contribution is -2.32. The second-order valence-corrected chi connectivity index (χ2v) is 4.91. The monoisotopic (exact) mass is 240 g/mol. The van der Waals surface area contributed by atoms with Crippen LogP contribution < -0.4 is 5.32 Å². The van der Waals surface area contributed by atoms with Gasteiger partial charge in [-0.05, 0) is 37.0 Å². The number of hydrogen-bond acceptors (Lipinski definition) is 3. The van der Waals surface area contributed by atoms with Gasteiger partial charge in [0.2, 0.25) is 0 Å². The molecule has 1 N–H and O–H groups in total. The highest BCUT2D eigenvalue weighted by atomic mass is 32.1. The van der Waals surface area contributed by atoms with Crippen LogP contribution in [0.1, 0.15) is 11.8 Å². The Hall–Kier alpha value is -0.940. The molecule has 3 nitrogen and oxygen atoms in total. The summed E-state index contributed by atoms with van der Waals surface area (Å²) in [5.74, 6) is 0.0801. The summed E-state index contributed by atoms with van der Waals surface area (Å²) in [7, 11) is 0. The van der Waals surface area contributed by atoms with Crippen molar-refractivity contribution >= 4 is 34.6 Å². The Morgan fingerprint density at radius 1 is 1.67 bits per heavy atom. The van der Waals surface area contributed by atoms with Crippen molar-refractivity contribution in [2.24, 2.45) is 0 Å². The number of thiophene rings is 1. The Labute approximate surface area is 98.1 Å². The zero-order chi connectivity index (χ0) is 10.8. The molecule has 0 aromatic carbocycles. The van der Waals surface area contributed by atoms with E-state index in [1.165, 1.54) is 4.88 Å². The van der Waals surface area contributed by atoms with Crippen molar-refractivity contribution in [1.29, 1.82) is 0 Å². The van der Waals surface area contributed by atoms with Gasteiger partial charge in [-0.25, -0.2) is 0 Å². The van der Waals surface area contributed by atoms with Gasteiger partial charge in [0.25, 0.3) is 5.91 Å². The second-order valence-electron chi connectivity index (χ2n) is 3.49. The summed E-state index contributed by atoms with van der Waals surface area (Å²) in [6.07, 6.45) is 0.873. The lowest BCUT2D eigenvalue weighted by Gasteiger charge is -2.13. The van der Waals surface area contributed by atoms with Crippen LogP contribution in [-0.4, -0.2) is 28.5 Å². The smallest absolute Gasteiger partial charge is 0.251 e. The normalized spacial score (nSPS) is 20.9. The Bertz CT molecular complexity index is 375. The number of amides is 1. The standard InChI is InChI=1S/C10H12N2OS2/c1-7-9(13)12(10(14)11-7)5-4-8-3-2-6-15-8/h2-3,6-7H,4-5H2,1H3,(H,11,14)/t7-/m1/s1. The zero-order valence-corrected chi connectivity index (χ0v) is 10.0. The fourth-order valence-electron chi connectivity index (χ4n) is 1.55. The van der Waals surface area contributed by atoms with Gasteiger partial charge in [-0.2, -0.15) is 0 Å². The fraction of sp³-hybridized carbons (Fsp3) is 0.400. The molecule has 1 aromatic rings. The van der Waals surface area contributed by atoms with E-state index in [1.54, 1.807) is 16.2 Å². The van der Waals surface area contributed by atoms with E-state index in [9.17, 15) is 4.79 Å². The maximum Gasteiger partial charge on any atom is 0.251 e. The first-order chi connectivity index (χ1) is 7.18. The van der Waals surface area contributed by atoms with Gasteiger partial charge in [0.1, 0.15) is 6.04 Å². The highest BCUT2D eigenvalue weighted by Gasteiger charge is 2.31. The van der Waals surface area contributed by atoms with Gasteiger partial charge < -0.3 is 5.32 Å². The largest absolute Gasteiger partial charge is 0.351 e. The maximum atomic E-state index is 11.7. The first-order valence-corrected chi connectivity index (χ1v) is 6.11. The van der Waals surface area contributed by atoms with Crippen molar-refractivity contribution in [3.63, 3.8) is 0 Å². The Balaban J connectivity index is 1.95. The topological polar surface area (TPSA) is 32.3 Å². The van der Waals surface area contributed by atoms with E-state index in [-0.39, 0.29) is 11.9 Å². The molecule has 1 aliphatic rings. The summed E-state index contributed by atoms with van der Waals surface area (Å²) >= 11 is 6.79. The molecule has 0 unspecified atom stereocenters. The molecule has 1 saturated heterocycles. The molecule has 80 valence electrons. The van der Waals surface area contributed by atoms with E-state index in [4.69, 9.17) is 12.2 Å². The van der Waals surface area contributed by atoms with Crippen LogP contribution in [0.15, 0.2) is 17.5 Å². The summed E-state index contributed by atoms with van der Waals surface area (Å²) in [5, 5.41) is 5.56. The number of nitrogens with zero attached hydrogens (tertiary/aromatic N) is 1. The number of hydrogen-bond donors (Lipinski definition) is 1. The van der Waals surface area contributed by atoms with E-state index in [0.29, 0.717) is 11.7 Å². The molecular formula is C10H12N2OS2. The van der Waals surface area contributed by atoms with Crippen LogP contribution in [0.25, 0.3) is 0 Å². The first kappa shape index (κ1) is 10.6. The summed E-state index contributed by atoms with van der Waals surface area (Å²) < 4.78 is 0. The maximum absolute atomic E-state index is 11.7. The van der Waals surface area contributed by atoms with Gasteiger partial charge >= 0.3 is 0 Å². The number of rotatable bonds is 3. The number of nitrogens with one attached hydrogen (secondary N) is 1. The molecule has 15 heavy (non-hydrogen) atoms. The summed E-state index contributed by atoms with van der Waals surface area (Å²) in [4.78, 5) is 14.6. The molecule has 2 rings (SSSR count). The summed E-state index contributed by atoms with van der Waals surface area (Å²) in [6, 6.07) is 3.93. The van der Waals surface area contributed by atoms with Gasteiger partial charge in [-0.1, -0.05) is 6.07 Å². The number of carbonyl (C=O) groups is 1. The molecule has 2 heterocycles. The molecule has 0 aliphatic carbocycles. The first-order valence-electron chi connectivity index (χ1n) is 4.83. The molecule has 5 heteroatoms. The minimum Gasteiger partial charge on any atom is -0.351 e. The van der Waals surface area contributed by atoms with Gasteiger partial charge in [0, 0.05) is 11.4 Å². The zero-order valence-electron chi connectivity index (χ0n) is 8.40. The fourth-order valence-corrected chi connectivity index (χ4v) is 2.60. The molecule has 1 aliphatic heterocycles. The molecular weight excluding hydrogens is 228 g/mol. The highest BCUT2D eigenvalue weighted by molar-refractivity contribution is 7.80. The third-order valence-corrected chi connectivity index (χ3v) is 3.66. The van der Waals surface area contributed by atoms with Crippen molar-refractivity contribution in [1.82, 2.24) is 10.2 Å². The minimum absolute atomic E-state index is 0.0801. The van der Waals surface area contributed by atoms with E-state index >= 15 is 0 Å². The molecule has 0 saturated carbocycles. The molecule has 1 aromatic heterocycles. The van der Waals surface area contributed by atoms with Crippen molar-refractivity contribution < 1.29 is 4.79 Å². The quantitative estimate of drug-likeness (QED) is 0.811. The second kappa shape index (κ2) is 4.28. The van der Waals surface area contributed by atoms with Crippen molar-refractivity contribution in [3.8, 4) is 0 Å². The Morgan fingerprint density at radius 3 is 3.00 bits per heavy atom. The number of carbonyl (C=O) groups excluding carboxylic acids is 1. The molecule has 0 radical (unpaired) electrons. The van der Waals surface area contributed by atoms with Crippen LogP contribution in [0.2, 0.25) is 0 Å². The molecule has 0 bridgehead atoms. The predicted molar refractivity (Wildman–Crippen MR) is 64.9 cm³/mol. The van der Waals surface area contributed by atoms with Crippen LogP contribution >= 0.6 is 23.6 Å². The van der Waals surface area contributed by atoms with Gasteiger partial charge in [0.05, 0.1) is 0 Å². The van der Waals surface area contributed by atoms with Crippen molar-refractivity contribution in [2.75, 3.05) is 6.54 Å². The van der Waals surface area contributed by atoms with Crippen LogP contribution in [-0.2, 0) is 11.2 Å². The molecule has 1 amide bonds. The van der Waals surface area contributed by atoms with E-state index < -0.39 is 0 Å². The Kier molecular flexibility index (Phi) is 3.02. The minimum atomic E-state index is -0.166. The molecule has 1 fully saturated rings. The predicted octanol–water partition coefficient (Wildman–Crippen LogP) is 1.40. The summed E-state index contributed by atoms with van der Waals surface area (Å²) in [6.45, 7) is 2.51. The summed E-state index contributed by atoms with van der Waals surface area (Å²) in [5.41, 5.74) is 0. The third-order valence-electron chi connectivity index (χ3n) is 2.38. The number of thiocarbonyl (C=S) groups is 1. The van der Waals surface area contributed by atoms with Crippen LogP contribution in [0.3, 0.4) is 0 Å². The molecule has 0 spiro atoms. The van der Waals surface area contributed by atoms with Gasteiger partial charge in [-0.3, -0.25) is 9.69 Å². The van der Waals surface area contributed by atoms with Gasteiger partial charge in [-0.15, -0.1) is 11.3 Å². The highest BCUT2D eigenvalue weighted by Crippen LogP contribution is 2.12.